The van der Waals surface area contributed by atoms with Crippen molar-refractivity contribution in [2.75, 3.05) is 0 Å². The van der Waals surface area contributed by atoms with Crippen molar-refractivity contribution >= 4 is 0 Å². The highest BCUT2D eigenvalue weighted by Gasteiger charge is 2.43. The average molecular weight is 288 g/mol. The summed E-state index contributed by atoms with van der Waals surface area (Å²) in [7, 11) is 0. The van der Waals surface area contributed by atoms with E-state index >= 15 is 0 Å². The molecule has 3 atom stereocenters. The summed E-state index contributed by atoms with van der Waals surface area (Å²) < 4.78 is 0. The van der Waals surface area contributed by atoms with Crippen LogP contribution in [0.2, 0.25) is 0 Å². The third-order valence-electron chi connectivity index (χ3n) is 5.12. The first-order chi connectivity index (χ1) is 9.83. The van der Waals surface area contributed by atoms with E-state index in [0.717, 1.165) is 24.8 Å². The number of hydrogen-bond acceptors (Lipinski definition) is 1. The zero-order valence-corrected chi connectivity index (χ0v) is 14.4. The molecule has 0 aliphatic heterocycles. The van der Waals surface area contributed by atoms with Crippen molar-refractivity contribution in [1.82, 2.24) is 0 Å². The van der Waals surface area contributed by atoms with Gasteiger partial charge in [0.2, 0.25) is 0 Å². The number of aliphatic hydroxyl groups is 1. The summed E-state index contributed by atoms with van der Waals surface area (Å²) >= 11 is 0. The van der Waals surface area contributed by atoms with Crippen LogP contribution in [-0.2, 0) is 12.0 Å². The molecule has 0 heterocycles. The van der Waals surface area contributed by atoms with Gasteiger partial charge in [0.25, 0.3) is 0 Å². The topological polar surface area (TPSA) is 20.2 Å². The molecule has 0 aromatic heterocycles. The molecule has 1 saturated carbocycles. The highest BCUT2D eigenvalue weighted by molar-refractivity contribution is 5.30. The summed E-state index contributed by atoms with van der Waals surface area (Å²) in [6.07, 6.45) is 4.38. The lowest BCUT2D eigenvalue weighted by molar-refractivity contribution is -0.0866. The van der Waals surface area contributed by atoms with Crippen LogP contribution in [0, 0.1) is 23.7 Å². The predicted octanol–water partition coefficient (Wildman–Crippen LogP) is 5.16. The van der Waals surface area contributed by atoms with Gasteiger partial charge in [0.15, 0.2) is 0 Å². The summed E-state index contributed by atoms with van der Waals surface area (Å²) in [6.45, 7) is 11.3. The predicted molar refractivity (Wildman–Crippen MR) is 90.2 cm³/mol. The third kappa shape index (κ3) is 3.69. The Morgan fingerprint density at radius 2 is 1.90 bits per heavy atom. The SMILES string of the molecule is CC(C)Cc1cccc(C2(O)CC(C)CCC2C(C)C)c1. The molecule has 21 heavy (non-hydrogen) atoms. The van der Waals surface area contributed by atoms with Crippen LogP contribution >= 0.6 is 0 Å². The Hall–Kier alpha value is -0.820. The molecular formula is C20H32O. The second-order valence-electron chi connectivity index (χ2n) is 7.96. The standard InChI is InChI=1S/C20H32O/c1-14(2)11-17-7-6-8-18(12-17)20(21)13-16(5)9-10-19(20)15(3)4/h6-8,12,14-16,19,21H,9-11,13H2,1-5H3. The largest absolute Gasteiger partial charge is 0.385 e. The molecule has 3 unspecified atom stereocenters. The molecular weight excluding hydrogens is 256 g/mol. The molecule has 1 nitrogen and oxygen atoms in total. The van der Waals surface area contributed by atoms with Gasteiger partial charge in [-0.25, -0.2) is 0 Å². The molecule has 0 saturated heterocycles. The van der Waals surface area contributed by atoms with Crippen LogP contribution in [0.1, 0.15) is 65.0 Å². The van der Waals surface area contributed by atoms with Crippen LogP contribution in [0.5, 0.6) is 0 Å². The van der Waals surface area contributed by atoms with E-state index in [1.165, 1.54) is 12.0 Å². The van der Waals surface area contributed by atoms with Gasteiger partial charge in [-0.2, -0.15) is 0 Å². The minimum Gasteiger partial charge on any atom is -0.385 e. The van der Waals surface area contributed by atoms with Crippen LogP contribution in [0.25, 0.3) is 0 Å². The minimum atomic E-state index is -0.640. The highest BCUT2D eigenvalue weighted by Crippen LogP contribution is 2.47. The van der Waals surface area contributed by atoms with E-state index in [1.807, 2.05) is 0 Å². The molecule has 1 aromatic rings. The molecule has 1 heteroatoms. The van der Waals surface area contributed by atoms with Gasteiger partial charge in [0.1, 0.15) is 0 Å². The number of rotatable bonds is 4. The van der Waals surface area contributed by atoms with Gasteiger partial charge in [-0.1, -0.05) is 65.3 Å². The zero-order valence-electron chi connectivity index (χ0n) is 14.4. The summed E-state index contributed by atoms with van der Waals surface area (Å²) in [6, 6.07) is 8.72. The summed E-state index contributed by atoms with van der Waals surface area (Å²) in [5, 5.41) is 11.5. The summed E-state index contributed by atoms with van der Waals surface area (Å²) in [4.78, 5) is 0. The fourth-order valence-electron chi connectivity index (χ4n) is 4.14. The van der Waals surface area contributed by atoms with Crippen LogP contribution < -0.4 is 0 Å². The maximum Gasteiger partial charge on any atom is 0.0929 e. The number of benzene rings is 1. The van der Waals surface area contributed by atoms with E-state index in [-0.39, 0.29) is 0 Å². The van der Waals surface area contributed by atoms with Crippen LogP contribution in [-0.4, -0.2) is 5.11 Å². The van der Waals surface area contributed by atoms with Crippen LogP contribution in [0.4, 0.5) is 0 Å². The van der Waals surface area contributed by atoms with Crippen LogP contribution in [0.15, 0.2) is 24.3 Å². The Balaban J connectivity index is 2.35. The Labute approximate surface area is 130 Å². The van der Waals surface area contributed by atoms with Gasteiger partial charge >= 0.3 is 0 Å². The number of hydrogen-bond donors (Lipinski definition) is 1. The summed E-state index contributed by atoms with van der Waals surface area (Å²) in [5.74, 6) is 2.17. The Kier molecular flexibility index (Phi) is 5.14. The van der Waals surface area contributed by atoms with Gasteiger partial charge in [-0.05, 0) is 54.1 Å². The molecule has 0 radical (unpaired) electrons. The molecule has 2 rings (SSSR count). The molecule has 1 fully saturated rings. The molecule has 118 valence electrons. The fourth-order valence-corrected chi connectivity index (χ4v) is 4.14. The van der Waals surface area contributed by atoms with Gasteiger partial charge in [0.05, 0.1) is 5.60 Å². The first-order valence-electron chi connectivity index (χ1n) is 8.64. The smallest absolute Gasteiger partial charge is 0.0929 e. The van der Waals surface area contributed by atoms with Crippen LogP contribution in [0.3, 0.4) is 0 Å². The van der Waals surface area contributed by atoms with E-state index in [4.69, 9.17) is 0 Å². The van der Waals surface area contributed by atoms with Crippen molar-refractivity contribution < 1.29 is 5.11 Å². The second-order valence-corrected chi connectivity index (χ2v) is 7.96. The zero-order chi connectivity index (χ0) is 15.6. The van der Waals surface area contributed by atoms with Crippen molar-refractivity contribution in [3.05, 3.63) is 35.4 Å². The van der Waals surface area contributed by atoms with E-state index in [1.54, 1.807) is 0 Å². The third-order valence-corrected chi connectivity index (χ3v) is 5.12. The van der Waals surface area contributed by atoms with Gasteiger partial charge in [0, 0.05) is 0 Å². The highest BCUT2D eigenvalue weighted by atomic mass is 16.3. The quantitative estimate of drug-likeness (QED) is 0.811. The normalized spacial score (nSPS) is 30.1. The first kappa shape index (κ1) is 16.5. The molecule has 1 aliphatic rings. The first-order valence-corrected chi connectivity index (χ1v) is 8.64. The van der Waals surface area contributed by atoms with Gasteiger partial charge in [-0.15, -0.1) is 0 Å². The Bertz CT molecular complexity index is 463. The fraction of sp³-hybridized carbons (Fsp3) is 0.700. The van der Waals surface area contributed by atoms with Gasteiger partial charge in [-0.3, -0.25) is 0 Å². The lowest BCUT2D eigenvalue weighted by Gasteiger charge is -2.45. The lowest BCUT2D eigenvalue weighted by atomic mass is 9.64. The van der Waals surface area contributed by atoms with E-state index in [2.05, 4.69) is 58.9 Å². The Morgan fingerprint density at radius 3 is 2.52 bits per heavy atom. The van der Waals surface area contributed by atoms with E-state index < -0.39 is 5.60 Å². The van der Waals surface area contributed by atoms with E-state index in [0.29, 0.717) is 23.7 Å². The molecule has 0 spiro atoms. The maximum atomic E-state index is 11.5. The van der Waals surface area contributed by atoms with Crippen molar-refractivity contribution in [3.63, 3.8) is 0 Å². The van der Waals surface area contributed by atoms with Crippen molar-refractivity contribution in [2.45, 2.75) is 65.9 Å². The minimum absolute atomic E-state index is 0.378. The molecule has 0 amide bonds. The van der Waals surface area contributed by atoms with Gasteiger partial charge < -0.3 is 5.11 Å². The van der Waals surface area contributed by atoms with E-state index in [9.17, 15) is 5.11 Å². The lowest BCUT2D eigenvalue weighted by Crippen LogP contribution is -2.43. The molecule has 0 bridgehead atoms. The van der Waals surface area contributed by atoms with Crippen molar-refractivity contribution in [1.29, 1.82) is 0 Å². The second kappa shape index (κ2) is 6.52. The monoisotopic (exact) mass is 288 g/mol. The average Bonchev–Trinajstić information content (AvgIpc) is 2.37. The molecule has 1 aliphatic carbocycles. The van der Waals surface area contributed by atoms with Crippen molar-refractivity contribution in [3.8, 4) is 0 Å². The maximum absolute atomic E-state index is 11.5. The Morgan fingerprint density at radius 1 is 1.19 bits per heavy atom. The van der Waals surface area contributed by atoms with Crippen molar-refractivity contribution in [2.24, 2.45) is 23.7 Å². The molecule has 1 N–H and O–H groups in total. The summed E-state index contributed by atoms with van der Waals surface area (Å²) in [5.41, 5.74) is 1.86. The molecule has 1 aromatic carbocycles.